The number of carbonyl (C=O) groups is 1. The lowest BCUT2D eigenvalue weighted by Gasteiger charge is -2.39. The molecular formula is C20H21N3O4S. The van der Waals surface area contributed by atoms with Crippen molar-refractivity contribution in [2.75, 3.05) is 26.8 Å². The number of para-hydroxylation sites is 1. The van der Waals surface area contributed by atoms with Crippen molar-refractivity contribution >= 4 is 17.2 Å². The molecule has 3 aromatic rings. The van der Waals surface area contributed by atoms with Crippen LogP contribution in [0.15, 0.2) is 46.3 Å². The SMILES string of the molecule is COCCc1noc(-c2ccccc2OC2CN(C(=O)Cc3cccs3)C2)n1. The zero-order chi connectivity index (χ0) is 19.3. The van der Waals surface area contributed by atoms with Crippen molar-refractivity contribution in [3.8, 4) is 17.2 Å². The highest BCUT2D eigenvalue weighted by molar-refractivity contribution is 7.10. The van der Waals surface area contributed by atoms with Gasteiger partial charge in [0.25, 0.3) is 5.89 Å². The van der Waals surface area contributed by atoms with E-state index in [9.17, 15) is 4.79 Å². The van der Waals surface area contributed by atoms with E-state index >= 15 is 0 Å². The largest absolute Gasteiger partial charge is 0.486 e. The molecule has 28 heavy (non-hydrogen) atoms. The topological polar surface area (TPSA) is 77.7 Å². The zero-order valence-corrected chi connectivity index (χ0v) is 16.4. The first-order chi connectivity index (χ1) is 13.7. The summed E-state index contributed by atoms with van der Waals surface area (Å²) in [6.07, 6.45) is 1.00. The van der Waals surface area contributed by atoms with Crippen LogP contribution in [0, 0.1) is 0 Å². The van der Waals surface area contributed by atoms with Crippen molar-refractivity contribution in [2.45, 2.75) is 18.9 Å². The summed E-state index contributed by atoms with van der Waals surface area (Å²) in [4.78, 5) is 19.6. The fourth-order valence-electron chi connectivity index (χ4n) is 2.97. The van der Waals surface area contributed by atoms with Crippen molar-refractivity contribution in [1.29, 1.82) is 0 Å². The predicted octanol–water partition coefficient (Wildman–Crippen LogP) is 2.82. The summed E-state index contributed by atoms with van der Waals surface area (Å²) in [5.74, 6) is 1.84. The minimum atomic E-state index is -0.0377. The molecule has 1 fully saturated rings. The van der Waals surface area contributed by atoms with Crippen molar-refractivity contribution in [2.24, 2.45) is 0 Å². The van der Waals surface area contributed by atoms with E-state index in [1.165, 1.54) is 0 Å². The lowest BCUT2D eigenvalue weighted by atomic mass is 10.1. The third-order valence-electron chi connectivity index (χ3n) is 4.52. The highest BCUT2D eigenvalue weighted by Crippen LogP contribution is 2.30. The molecule has 4 rings (SSSR count). The van der Waals surface area contributed by atoms with Gasteiger partial charge in [-0.1, -0.05) is 23.4 Å². The molecule has 8 heteroatoms. The Bertz CT molecular complexity index is 919. The van der Waals surface area contributed by atoms with Gasteiger partial charge in [-0.05, 0) is 23.6 Å². The van der Waals surface area contributed by atoms with Crippen LogP contribution < -0.4 is 4.74 Å². The highest BCUT2D eigenvalue weighted by atomic mass is 32.1. The van der Waals surface area contributed by atoms with Gasteiger partial charge in [0.1, 0.15) is 11.9 Å². The zero-order valence-electron chi connectivity index (χ0n) is 15.5. The van der Waals surface area contributed by atoms with Gasteiger partial charge in [-0.15, -0.1) is 11.3 Å². The normalized spacial score (nSPS) is 14.1. The van der Waals surface area contributed by atoms with E-state index < -0.39 is 0 Å². The summed E-state index contributed by atoms with van der Waals surface area (Å²) in [6.45, 7) is 1.71. The first-order valence-electron chi connectivity index (χ1n) is 9.10. The molecule has 1 aliphatic rings. The van der Waals surface area contributed by atoms with E-state index in [0.29, 0.717) is 50.0 Å². The van der Waals surface area contributed by atoms with Crippen LogP contribution in [-0.4, -0.2) is 53.9 Å². The van der Waals surface area contributed by atoms with Gasteiger partial charge in [0.05, 0.1) is 31.7 Å². The first-order valence-corrected chi connectivity index (χ1v) is 9.98. The number of nitrogens with zero attached hydrogens (tertiary/aromatic N) is 3. The Morgan fingerprint density at radius 3 is 2.93 bits per heavy atom. The molecule has 1 aromatic carbocycles. The Labute approximate surface area is 166 Å². The molecule has 0 aliphatic carbocycles. The minimum Gasteiger partial charge on any atom is -0.486 e. The molecule has 7 nitrogen and oxygen atoms in total. The van der Waals surface area contributed by atoms with Gasteiger partial charge in [0.2, 0.25) is 5.91 Å². The number of carbonyl (C=O) groups excluding carboxylic acids is 1. The molecule has 0 spiro atoms. The molecule has 1 saturated heterocycles. The monoisotopic (exact) mass is 399 g/mol. The Morgan fingerprint density at radius 1 is 1.29 bits per heavy atom. The number of likely N-dealkylation sites (tertiary alicyclic amines) is 1. The molecule has 0 saturated carbocycles. The molecule has 0 bridgehead atoms. The molecule has 0 atom stereocenters. The summed E-state index contributed by atoms with van der Waals surface area (Å²) in [5, 5.41) is 5.97. The maximum atomic E-state index is 12.3. The lowest BCUT2D eigenvalue weighted by molar-refractivity contribution is -0.139. The third kappa shape index (κ3) is 4.23. The number of rotatable bonds is 8. The molecule has 1 amide bonds. The second-order valence-electron chi connectivity index (χ2n) is 6.55. The quantitative estimate of drug-likeness (QED) is 0.580. The lowest BCUT2D eigenvalue weighted by Crippen LogP contribution is -2.56. The summed E-state index contributed by atoms with van der Waals surface area (Å²) >= 11 is 1.60. The number of hydrogen-bond acceptors (Lipinski definition) is 7. The summed E-state index contributed by atoms with van der Waals surface area (Å²) < 4.78 is 16.5. The van der Waals surface area contributed by atoms with Gasteiger partial charge in [0, 0.05) is 18.4 Å². The van der Waals surface area contributed by atoms with Gasteiger partial charge < -0.3 is 18.9 Å². The summed E-state index contributed by atoms with van der Waals surface area (Å²) in [7, 11) is 1.64. The van der Waals surface area contributed by atoms with Crippen LogP contribution in [0.25, 0.3) is 11.5 Å². The number of hydrogen-bond donors (Lipinski definition) is 0. The molecule has 2 aromatic heterocycles. The third-order valence-corrected chi connectivity index (χ3v) is 5.39. The average molecular weight is 399 g/mol. The van der Waals surface area contributed by atoms with E-state index in [0.717, 1.165) is 10.4 Å². The summed E-state index contributed by atoms with van der Waals surface area (Å²) in [5.41, 5.74) is 0.752. The van der Waals surface area contributed by atoms with Crippen LogP contribution in [0.5, 0.6) is 5.75 Å². The second-order valence-corrected chi connectivity index (χ2v) is 7.58. The maximum absolute atomic E-state index is 12.3. The molecule has 0 unspecified atom stereocenters. The fourth-order valence-corrected chi connectivity index (χ4v) is 3.67. The van der Waals surface area contributed by atoms with E-state index in [-0.39, 0.29) is 12.0 Å². The predicted molar refractivity (Wildman–Crippen MR) is 104 cm³/mol. The van der Waals surface area contributed by atoms with Gasteiger partial charge in [-0.2, -0.15) is 4.98 Å². The van der Waals surface area contributed by atoms with Crippen LogP contribution in [-0.2, 0) is 22.4 Å². The first kappa shape index (κ1) is 18.6. The Kier molecular flexibility index (Phi) is 5.68. The van der Waals surface area contributed by atoms with Crippen LogP contribution in [0.3, 0.4) is 0 Å². The Hall–Kier alpha value is -2.71. The fraction of sp³-hybridized carbons (Fsp3) is 0.350. The van der Waals surface area contributed by atoms with Crippen molar-refractivity contribution < 1.29 is 18.8 Å². The molecule has 1 aliphatic heterocycles. The second kappa shape index (κ2) is 8.53. The Balaban J connectivity index is 1.36. The van der Waals surface area contributed by atoms with Crippen LogP contribution in [0.2, 0.25) is 0 Å². The maximum Gasteiger partial charge on any atom is 0.261 e. The van der Waals surface area contributed by atoms with Crippen molar-refractivity contribution in [3.63, 3.8) is 0 Å². The van der Waals surface area contributed by atoms with E-state index in [1.54, 1.807) is 18.4 Å². The van der Waals surface area contributed by atoms with Crippen molar-refractivity contribution in [3.05, 3.63) is 52.5 Å². The number of methoxy groups -OCH3 is 1. The van der Waals surface area contributed by atoms with Crippen LogP contribution >= 0.6 is 11.3 Å². The van der Waals surface area contributed by atoms with Crippen LogP contribution in [0.4, 0.5) is 0 Å². The number of ether oxygens (including phenoxy) is 2. The highest BCUT2D eigenvalue weighted by Gasteiger charge is 2.33. The molecule has 0 radical (unpaired) electrons. The van der Waals surface area contributed by atoms with Crippen LogP contribution in [0.1, 0.15) is 10.7 Å². The summed E-state index contributed by atoms with van der Waals surface area (Å²) in [6, 6.07) is 11.5. The van der Waals surface area contributed by atoms with E-state index in [4.69, 9.17) is 14.0 Å². The number of aromatic nitrogens is 2. The van der Waals surface area contributed by atoms with Gasteiger partial charge in [0.15, 0.2) is 5.82 Å². The van der Waals surface area contributed by atoms with Gasteiger partial charge in [-0.3, -0.25) is 4.79 Å². The van der Waals surface area contributed by atoms with Gasteiger partial charge >= 0.3 is 0 Å². The van der Waals surface area contributed by atoms with E-state index in [2.05, 4.69) is 10.1 Å². The molecule has 146 valence electrons. The van der Waals surface area contributed by atoms with Gasteiger partial charge in [-0.25, -0.2) is 0 Å². The number of amides is 1. The number of benzene rings is 1. The Morgan fingerprint density at radius 2 is 2.14 bits per heavy atom. The smallest absolute Gasteiger partial charge is 0.261 e. The van der Waals surface area contributed by atoms with Crippen molar-refractivity contribution in [1.82, 2.24) is 15.0 Å². The molecule has 3 heterocycles. The average Bonchev–Trinajstić information content (AvgIpc) is 3.34. The van der Waals surface area contributed by atoms with E-state index in [1.807, 2.05) is 46.7 Å². The number of thiophene rings is 1. The standard InChI is InChI=1S/C20H21N3O4S/c1-25-9-8-18-21-20(27-22-18)16-6-2-3-7-17(16)26-14-12-23(13-14)19(24)11-15-5-4-10-28-15/h2-7,10,14H,8-9,11-13H2,1H3. The molecule has 0 N–H and O–H groups in total. The molecular weight excluding hydrogens is 378 g/mol. The minimum absolute atomic E-state index is 0.0377.